The van der Waals surface area contributed by atoms with Crippen LogP contribution in [0, 0.1) is 11.8 Å². The molecule has 8 nitrogen and oxygen atoms in total. The number of para-hydroxylation sites is 1. The number of piperidine rings is 1. The average Bonchev–Trinajstić information content (AvgIpc) is 3.49. The molecule has 43 heavy (non-hydrogen) atoms. The molecular formula is C33H38ClN7OS. The molecule has 0 aliphatic carbocycles. The third-order valence-corrected chi connectivity index (χ3v) is 8.55. The molecule has 2 atom stereocenters. The van der Waals surface area contributed by atoms with Gasteiger partial charge in [-0.25, -0.2) is 0 Å². The molecule has 4 heterocycles. The minimum atomic E-state index is 0.439. The minimum Gasteiger partial charge on any atom is -0.459 e. The number of hydrogen-bond donors (Lipinski definition) is 2. The second kappa shape index (κ2) is 13.2. The van der Waals surface area contributed by atoms with Gasteiger partial charge < -0.3 is 29.8 Å². The molecule has 0 amide bonds. The van der Waals surface area contributed by atoms with Gasteiger partial charge in [0.1, 0.15) is 23.2 Å². The fourth-order valence-corrected chi connectivity index (χ4v) is 6.33. The Morgan fingerprint density at radius 1 is 0.860 bits per heavy atom. The third kappa shape index (κ3) is 7.40. The fourth-order valence-electron chi connectivity index (χ4n) is 6.04. The Morgan fingerprint density at radius 3 is 2.21 bits per heavy atom. The summed E-state index contributed by atoms with van der Waals surface area (Å²) in [6, 6.07) is 24.2. The molecule has 2 aromatic heterocycles. The molecule has 2 N–H and O–H groups in total. The number of halogens is 1. The zero-order valence-corrected chi connectivity index (χ0v) is 26.2. The van der Waals surface area contributed by atoms with E-state index in [1.807, 2.05) is 36.4 Å². The van der Waals surface area contributed by atoms with Crippen molar-refractivity contribution in [3.8, 4) is 11.3 Å². The van der Waals surface area contributed by atoms with E-state index < -0.39 is 0 Å². The van der Waals surface area contributed by atoms with Gasteiger partial charge in [0.25, 0.3) is 0 Å². The molecule has 6 rings (SSSR count). The largest absolute Gasteiger partial charge is 0.459 e. The highest BCUT2D eigenvalue weighted by atomic mass is 35.5. The quantitative estimate of drug-likeness (QED) is 0.221. The predicted molar refractivity (Wildman–Crippen MR) is 180 cm³/mol. The molecule has 0 radical (unpaired) electrons. The summed E-state index contributed by atoms with van der Waals surface area (Å²) in [5.41, 5.74) is 2.23. The van der Waals surface area contributed by atoms with Crippen molar-refractivity contribution in [3.05, 3.63) is 83.6 Å². The Kier molecular flexibility index (Phi) is 9.00. The number of thiocarbonyl (C=S) groups is 1. The first-order chi connectivity index (χ1) is 20.9. The zero-order valence-electron chi connectivity index (χ0n) is 24.7. The van der Waals surface area contributed by atoms with Gasteiger partial charge in [0, 0.05) is 61.6 Å². The van der Waals surface area contributed by atoms with Crippen LogP contribution in [0.25, 0.3) is 11.3 Å². The number of nitrogens with zero attached hydrogens (tertiary/aromatic N) is 5. The van der Waals surface area contributed by atoms with Crippen LogP contribution in [-0.2, 0) is 6.54 Å². The van der Waals surface area contributed by atoms with Crippen molar-refractivity contribution < 1.29 is 4.42 Å². The first-order valence-corrected chi connectivity index (χ1v) is 15.8. The van der Waals surface area contributed by atoms with Crippen LogP contribution in [-0.4, -0.2) is 54.3 Å². The lowest BCUT2D eigenvalue weighted by molar-refractivity contribution is 0.355. The number of anilines is 4. The van der Waals surface area contributed by atoms with E-state index in [2.05, 4.69) is 75.6 Å². The molecule has 0 saturated carbocycles. The van der Waals surface area contributed by atoms with Gasteiger partial charge in [-0.05, 0) is 79.0 Å². The standard InChI is InChI=1S/C33H38ClN7OS/c1-23-18-24(2)22-41(21-23)31-19-30(40-16-14-39(15-17-40)27-6-4-3-5-7-27)36-32(37-31)38-33(43)35-20-28-12-13-29(42-28)25-8-10-26(34)11-9-25/h3-13,19,23-24H,14-18,20-22H2,1-2H3,(H2,35,36,37,38,43). The molecule has 0 spiro atoms. The number of nitrogens with one attached hydrogen (secondary N) is 2. The lowest BCUT2D eigenvalue weighted by atomic mass is 9.92. The van der Waals surface area contributed by atoms with Crippen molar-refractivity contribution >= 4 is 52.2 Å². The number of hydrogen-bond acceptors (Lipinski definition) is 7. The molecule has 2 aromatic carbocycles. The van der Waals surface area contributed by atoms with Crippen molar-refractivity contribution in [2.24, 2.45) is 11.8 Å². The number of rotatable bonds is 7. The van der Waals surface area contributed by atoms with E-state index >= 15 is 0 Å². The van der Waals surface area contributed by atoms with Crippen LogP contribution in [0.2, 0.25) is 5.02 Å². The van der Waals surface area contributed by atoms with Gasteiger partial charge in [0.05, 0.1) is 6.54 Å². The lowest BCUT2D eigenvalue weighted by Gasteiger charge is -2.38. The van der Waals surface area contributed by atoms with Crippen LogP contribution in [0.1, 0.15) is 26.0 Å². The summed E-state index contributed by atoms with van der Waals surface area (Å²) in [6.45, 7) is 10.7. The highest BCUT2D eigenvalue weighted by molar-refractivity contribution is 7.80. The SMILES string of the molecule is CC1CC(C)CN(c2cc(N3CCN(c4ccccc4)CC3)nc(NC(=S)NCc3ccc(-c4ccc(Cl)cc4)o3)n2)C1. The minimum absolute atomic E-state index is 0.439. The molecule has 2 aliphatic heterocycles. The zero-order chi connectivity index (χ0) is 29.8. The van der Waals surface area contributed by atoms with Crippen LogP contribution in [0.4, 0.5) is 23.3 Å². The molecule has 2 aliphatic rings. The van der Waals surface area contributed by atoms with E-state index in [1.165, 1.54) is 12.1 Å². The lowest BCUT2D eigenvalue weighted by Crippen LogP contribution is -2.47. The van der Waals surface area contributed by atoms with Crippen molar-refractivity contribution in [1.29, 1.82) is 0 Å². The molecular weight excluding hydrogens is 578 g/mol. The molecule has 0 bridgehead atoms. The van der Waals surface area contributed by atoms with E-state index in [4.69, 9.17) is 38.2 Å². The Hall–Kier alpha value is -3.82. The molecule has 10 heteroatoms. The highest BCUT2D eigenvalue weighted by Gasteiger charge is 2.26. The Bertz CT molecular complexity index is 1510. The van der Waals surface area contributed by atoms with Gasteiger partial charge in [-0.15, -0.1) is 0 Å². The summed E-state index contributed by atoms with van der Waals surface area (Å²) in [7, 11) is 0. The normalized spacial score (nSPS) is 18.9. The summed E-state index contributed by atoms with van der Waals surface area (Å²) in [4.78, 5) is 17.0. The Morgan fingerprint density at radius 2 is 1.51 bits per heavy atom. The summed E-state index contributed by atoms with van der Waals surface area (Å²) in [5.74, 6) is 5.15. The molecule has 2 unspecified atom stereocenters. The van der Waals surface area contributed by atoms with Gasteiger partial charge in [-0.2, -0.15) is 9.97 Å². The number of furan rings is 1. The number of aromatic nitrogens is 2. The van der Waals surface area contributed by atoms with Crippen LogP contribution < -0.4 is 25.3 Å². The number of piperazine rings is 1. The van der Waals surface area contributed by atoms with Gasteiger partial charge in [-0.3, -0.25) is 0 Å². The van der Waals surface area contributed by atoms with Gasteiger partial charge in [0.15, 0.2) is 5.11 Å². The third-order valence-electron chi connectivity index (χ3n) is 8.06. The van der Waals surface area contributed by atoms with Gasteiger partial charge in [-0.1, -0.05) is 43.6 Å². The predicted octanol–water partition coefficient (Wildman–Crippen LogP) is 6.69. The maximum atomic E-state index is 6.03. The van der Waals surface area contributed by atoms with Gasteiger partial charge in [0.2, 0.25) is 5.95 Å². The van der Waals surface area contributed by atoms with Crippen molar-refractivity contribution in [1.82, 2.24) is 15.3 Å². The topological polar surface area (TPSA) is 72.7 Å². The molecule has 2 fully saturated rings. The summed E-state index contributed by atoms with van der Waals surface area (Å²) in [5, 5.41) is 7.64. The van der Waals surface area contributed by atoms with Crippen LogP contribution in [0.5, 0.6) is 0 Å². The summed E-state index contributed by atoms with van der Waals surface area (Å²) >= 11 is 11.7. The number of benzene rings is 2. The van der Waals surface area contributed by atoms with E-state index in [1.54, 1.807) is 0 Å². The Labute approximate surface area is 264 Å². The Balaban J connectivity index is 1.15. The summed E-state index contributed by atoms with van der Waals surface area (Å²) < 4.78 is 6.03. The van der Waals surface area contributed by atoms with E-state index in [0.29, 0.717) is 34.5 Å². The second-order valence-corrected chi connectivity index (χ2v) is 12.5. The van der Waals surface area contributed by atoms with Crippen LogP contribution in [0.3, 0.4) is 0 Å². The fraction of sp³-hybridized carbons (Fsp3) is 0.364. The first kappa shape index (κ1) is 29.3. The first-order valence-electron chi connectivity index (χ1n) is 15.0. The van der Waals surface area contributed by atoms with Crippen molar-refractivity contribution in [2.75, 3.05) is 59.3 Å². The second-order valence-electron chi connectivity index (χ2n) is 11.6. The van der Waals surface area contributed by atoms with Crippen LogP contribution in [0.15, 0.2) is 77.2 Å². The van der Waals surface area contributed by atoms with Gasteiger partial charge >= 0.3 is 0 Å². The van der Waals surface area contributed by atoms with Crippen LogP contribution >= 0.6 is 23.8 Å². The van der Waals surface area contributed by atoms with Crippen molar-refractivity contribution in [3.63, 3.8) is 0 Å². The monoisotopic (exact) mass is 615 g/mol. The highest BCUT2D eigenvalue weighted by Crippen LogP contribution is 2.29. The molecule has 224 valence electrons. The molecule has 4 aromatic rings. The maximum Gasteiger partial charge on any atom is 0.232 e. The van der Waals surface area contributed by atoms with Crippen molar-refractivity contribution in [2.45, 2.75) is 26.8 Å². The van der Waals surface area contributed by atoms with E-state index in [0.717, 1.165) is 68.0 Å². The summed E-state index contributed by atoms with van der Waals surface area (Å²) in [6.07, 6.45) is 1.24. The average molecular weight is 616 g/mol. The maximum absolute atomic E-state index is 6.03. The van der Waals surface area contributed by atoms with E-state index in [-0.39, 0.29) is 0 Å². The molecule has 2 saturated heterocycles. The smallest absolute Gasteiger partial charge is 0.232 e. The van der Waals surface area contributed by atoms with E-state index in [9.17, 15) is 0 Å².